The minimum absolute atomic E-state index is 0.156. The van der Waals surface area contributed by atoms with E-state index in [1.807, 2.05) is 0 Å². The molecule has 3 rings (SSSR count). The molecular weight excluding hydrogens is 450 g/mol. The normalized spacial score (nSPS) is 21.3. The minimum atomic E-state index is -1.29. The number of carboxylic acid groups (broad SMARTS) is 1. The van der Waals surface area contributed by atoms with Crippen molar-refractivity contribution in [2.75, 3.05) is 18.6 Å². The predicted molar refractivity (Wildman–Crippen MR) is 114 cm³/mol. The molecule has 2 amide bonds. The van der Waals surface area contributed by atoms with Crippen molar-refractivity contribution >= 4 is 64.3 Å². The van der Waals surface area contributed by atoms with E-state index in [0.717, 1.165) is 22.6 Å². The summed E-state index contributed by atoms with van der Waals surface area (Å²) >= 11 is 2.39. The van der Waals surface area contributed by atoms with Gasteiger partial charge in [0.2, 0.25) is 0 Å². The van der Waals surface area contributed by atoms with E-state index in [1.165, 1.54) is 30.5 Å². The quantitative estimate of drug-likeness (QED) is 0.0960. The third-order valence-electron chi connectivity index (χ3n) is 4.08. The van der Waals surface area contributed by atoms with Crippen LogP contribution in [-0.2, 0) is 19.2 Å². The van der Waals surface area contributed by atoms with Crippen LogP contribution in [0.25, 0.3) is 0 Å². The molecule has 3 heterocycles. The van der Waals surface area contributed by atoms with Gasteiger partial charge in [0, 0.05) is 16.7 Å². The number of thioether (sulfide) groups is 1. The Kier molecular flexibility index (Phi) is 6.71. The average Bonchev–Trinajstić information content (AvgIpc) is 3.18. The van der Waals surface area contributed by atoms with Crippen molar-refractivity contribution in [3.05, 3.63) is 22.3 Å². The van der Waals surface area contributed by atoms with Gasteiger partial charge in [0.25, 0.3) is 11.8 Å². The summed E-state index contributed by atoms with van der Waals surface area (Å²) < 4.78 is 0. The van der Waals surface area contributed by atoms with Crippen molar-refractivity contribution in [3.8, 4) is 0 Å². The highest BCUT2D eigenvalue weighted by Gasteiger charge is 2.54. The molecule has 16 heteroatoms. The van der Waals surface area contributed by atoms with Crippen LogP contribution in [0.15, 0.2) is 32.0 Å². The van der Waals surface area contributed by atoms with Crippen LogP contribution in [0.5, 0.6) is 0 Å². The number of hydrogen-bond acceptors (Lipinski definition) is 12. The van der Waals surface area contributed by atoms with Crippen LogP contribution < -0.4 is 22.3 Å². The second-order valence-electron chi connectivity index (χ2n) is 5.90. The topological polar surface area (TPSA) is 210 Å². The number of carbonyl (C=O) groups is 3. The molecule has 0 spiro atoms. The van der Waals surface area contributed by atoms with Gasteiger partial charge in [-0.3, -0.25) is 19.9 Å². The summed E-state index contributed by atoms with van der Waals surface area (Å²) in [7, 11) is 1.26. The predicted octanol–water partition coefficient (Wildman–Crippen LogP) is -1.71. The molecule has 1 aromatic rings. The monoisotopic (exact) mass is 467 g/mol. The lowest BCUT2D eigenvalue weighted by Crippen LogP contribution is -2.71. The van der Waals surface area contributed by atoms with Gasteiger partial charge < -0.3 is 26.8 Å². The summed E-state index contributed by atoms with van der Waals surface area (Å²) in [5.74, 6) is 2.60. The van der Waals surface area contributed by atoms with Crippen LogP contribution in [0.1, 0.15) is 5.69 Å². The van der Waals surface area contributed by atoms with Gasteiger partial charge >= 0.3 is 5.97 Å². The maximum absolute atomic E-state index is 12.7. The molecule has 0 aromatic carbocycles. The number of oxime groups is 1. The minimum Gasteiger partial charge on any atom is -0.477 e. The number of nitrogens with zero attached hydrogens (tertiary/aromatic N) is 5. The van der Waals surface area contributed by atoms with E-state index in [4.69, 9.17) is 16.4 Å². The molecule has 1 unspecified atom stereocenters. The second kappa shape index (κ2) is 9.43. The Balaban J connectivity index is 1.77. The lowest BCUT2D eigenvalue weighted by molar-refractivity contribution is -0.150. The number of fused-ring (bicyclic) bond motifs is 1. The number of amides is 2. The van der Waals surface area contributed by atoms with Crippen LogP contribution in [0, 0.1) is 0 Å². The molecule has 0 bridgehead atoms. The Morgan fingerprint density at radius 3 is 2.87 bits per heavy atom. The van der Waals surface area contributed by atoms with Gasteiger partial charge in [-0.25, -0.2) is 9.78 Å². The van der Waals surface area contributed by atoms with E-state index in [9.17, 15) is 19.5 Å². The summed E-state index contributed by atoms with van der Waals surface area (Å²) in [6.07, 6.45) is 2.37. The highest BCUT2D eigenvalue weighted by atomic mass is 32.2. The molecule has 14 nitrogen and oxygen atoms in total. The fourth-order valence-electron chi connectivity index (χ4n) is 2.83. The van der Waals surface area contributed by atoms with Crippen molar-refractivity contribution in [1.29, 1.82) is 0 Å². The van der Waals surface area contributed by atoms with Crippen LogP contribution in [0.3, 0.4) is 0 Å². The second-order valence-corrected chi connectivity index (χ2v) is 7.89. The van der Waals surface area contributed by atoms with E-state index in [2.05, 4.69) is 31.1 Å². The molecule has 2 aliphatic rings. The van der Waals surface area contributed by atoms with E-state index < -0.39 is 29.2 Å². The largest absolute Gasteiger partial charge is 0.477 e. The first kappa shape index (κ1) is 22.0. The standard InChI is InChI=1S/C15H17N9O5S2/c1-29-23-8(7-4-31-15(16)21-7)11(25)22-9-12(26)24-10(14(27)28)6(3-30-13(9)24)2-19-20-5-18-17/h2,4-5,9,13H,3,17H2,1H3,(H2,16,21)(H,18,20)(H,22,25)(H,27,28)/b19-2?,23-8-/t9?,13-/m0/s1. The van der Waals surface area contributed by atoms with E-state index >= 15 is 0 Å². The van der Waals surface area contributed by atoms with Crippen molar-refractivity contribution in [1.82, 2.24) is 20.6 Å². The SMILES string of the molecule is CO/N=C(\C(=O)NC1C(=O)N2C(C(=O)O)=C(C=NNC=NN)CS[C@@H]12)c1csc(N)n1. The van der Waals surface area contributed by atoms with Crippen LogP contribution in [-0.4, -0.2) is 75.3 Å². The molecule has 0 aliphatic carbocycles. The number of hydrogen-bond donors (Lipinski definition) is 5. The van der Waals surface area contributed by atoms with Crippen molar-refractivity contribution < 1.29 is 24.3 Å². The van der Waals surface area contributed by atoms with E-state index in [-0.39, 0.29) is 28.0 Å². The lowest BCUT2D eigenvalue weighted by Gasteiger charge is -2.49. The van der Waals surface area contributed by atoms with Crippen LogP contribution in [0.4, 0.5) is 5.13 Å². The number of nitrogens with two attached hydrogens (primary N) is 2. The molecule has 2 aliphatic heterocycles. The Morgan fingerprint density at radius 2 is 2.26 bits per heavy atom. The first-order chi connectivity index (χ1) is 14.9. The zero-order valence-corrected chi connectivity index (χ0v) is 17.5. The smallest absolute Gasteiger partial charge is 0.353 e. The third-order valence-corrected chi connectivity index (χ3v) is 6.05. The van der Waals surface area contributed by atoms with Gasteiger partial charge in [0.05, 0.1) is 6.21 Å². The molecule has 1 saturated heterocycles. The summed E-state index contributed by atoms with van der Waals surface area (Å²) in [6.45, 7) is 0. The number of nitrogen functional groups attached to an aromatic ring is 1. The van der Waals surface area contributed by atoms with Crippen molar-refractivity contribution in [2.45, 2.75) is 11.4 Å². The molecule has 1 aromatic heterocycles. The molecule has 7 N–H and O–H groups in total. The zero-order valence-electron chi connectivity index (χ0n) is 15.9. The van der Waals surface area contributed by atoms with Gasteiger partial charge in [-0.05, 0) is 0 Å². The number of β-lactam (4-membered cyclic amide) rings is 1. The Bertz CT molecular complexity index is 1020. The maximum Gasteiger partial charge on any atom is 0.353 e. The molecule has 164 valence electrons. The molecule has 1 fully saturated rings. The number of hydrazone groups is 2. The van der Waals surface area contributed by atoms with E-state index in [1.54, 1.807) is 0 Å². The number of anilines is 1. The lowest BCUT2D eigenvalue weighted by atomic mass is 10.0. The molecule has 0 radical (unpaired) electrons. The first-order valence-electron chi connectivity index (χ1n) is 8.43. The van der Waals surface area contributed by atoms with Crippen molar-refractivity contribution in [2.24, 2.45) is 21.2 Å². The highest BCUT2D eigenvalue weighted by Crippen LogP contribution is 2.39. The van der Waals surface area contributed by atoms with Gasteiger partial charge in [0.15, 0.2) is 10.8 Å². The fourth-order valence-corrected chi connectivity index (χ4v) is 4.67. The Labute approximate surface area is 183 Å². The first-order valence-corrected chi connectivity index (χ1v) is 10.4. The van der Waals surface area contributed by atoms with Gasteiger partial charge in [-0.15, -0.1) is 23.1 Å². The zero-order chi connectivity index (χ0) is 22.5. The van der Waals surface area contributed by atoms with Crippen LogP contribution >= 0.6 is 23.1 Å². The van der Waals surface area contributed by atoms with Crippen LogP contribution in [0.2, 0.25) is 0 Å². The summed E-state index contributed by atoms with van der Waals surface area (Å²) in [5.41, 5.74) is 8.12. The number of rotatable bonds is 8. The number of nitrogens with one attached hydrogen (secondary N) is 2. The number of aromatic nitrogens is 1. The van der Waals surface area contributed by atoms with Gasteiger partial charge in [-0.2, -0.15) is 10.2 Å². The van der Waals surface area contributed by atoms with Crippen molar-refractivity contribution in [3.63, 3.8) is 0 Å². The number of aliphatic carboxylic acids is 1. The molecular formula is C15H17N9O5S2. The van der Waals surface area contributed by atoms with Gasteiger partial charge in [-0.1, -0.05) is 5.16 Å². The Hall–Kier alpha value is -3.66. The number of carbonyl (C=O) groups excluding carboxylic acids is 2. The Morgan fingerprint density at radius 1 is 1.48 bits per heavy atom. The molecule has 31 heavy (non-hydrogen) atoms. The molecule has 0 saturated carbocycles. The number of thiazole rings is 1. The van der Waals surface area contributed by atoms with Gasteiger partial charge in [0.1, 0.15) is 36.3 Å². The summed E-state index contributed by atoms with van der Waals surface area (Å²) in [6, 6.07) is -0.953. The maximum atomic E-state index is 12.7. The summed E-state index contributed by atoms with van der Waals surface area (Å²) in [5, 5.41) is 23.9. The average molecular weight is 467 g/mol. The van der Waals surface area contributed by atoms with E-state index in [0.29, 0.717) is 5.57 Å². The highest BCUT2D eigenvalue weighted by molar-refractivity contribution is 8.00. The fraction of sp³-hybridized carbons (Fsp3) is 0.267. The molecule has 2 atom stereocenters. The summed E-state index contributed by atoms with van der Waals surface area (Å²) in [4.78, 5) is 46.9. The third kappa shape index (κ3) is 4.43. The number of carboxylic acids is 1.